The summed E-state index contributed by atoms with van der Waals surface area (Å²) in [4.78, 5) is 37.6. The lowest BCUT2D eigenvalue weighted by atomic mass is 10.2. The zero-order valence-corrected chi connectivity index (χ0v) is 11.7. The zero-order valence-electron chi connectivity index (χ0n) is 11.7. The molecule has 0 aliphatic carbocycles. The largest absolute Gasteiger partial charge is 0.491 e. The minimum absolute atomic E-state index is 0.0339. The lowest BCUT2D eigenvalue weighted by Crippen LogP contribution is -2.44. The maximum atomic E-state index is 12.0. The number of carboxylic acids is 1. The Morgan fingerprint density at radius 3 is 2.71 bits per heavy atom. The molecule has 0 saturated carbocycles. The van der Waals surface area contributed by atoms with Gasteiger partial charge >= 0.3 is 11.9 Å². The molecule has 1 heterocycles. The maximum absolute atomic E-state index is 12.0. The van der Waals surface area contributed by atoms with Gasteiger partial charge in [0.05, 0.1) is 6.61 Å². The molecule has 1 aromatic heterocycles. The second-order valence-electron chi connectivity index (χ2n) is 3.95. The summed E-state index contributed by atoms with van der Waals surface area (Å²) in [6.07, 6.45) is 1.39. The van der Waals surface area contributed by atoms with Gasteiger partial charge in [-0.25, -0.2) is 9.78 Å². The monoisotopic (exact) mass is 296 g/mol. The topological polar surface area (TPSA) is 115 Å². The number of carboxylic acid groups (broad SMARTS) is 1. The molecule has 1 rings (SSSR count). The van der Waals surface area contributed by atoms with E-state index in [9.17, 15) is 14.4 Å². The molecule has 0 saturated heterocycles. The summed E-state index contributed by atoms with van der Waals surface area (Å²) in [5, 5.41) is 11.2. The van der Waals surface area contributed by atoms with E-state index in [0.29, 0.717) is 6.61 Å². The van der Waals surface area contributed by atoms with E-state index >= 15 is 0 Å². The molecule has 0 bridgehead atoms. The van der Waals surface area contributed by atoms with E-state index in [4.69, 9.17) is 9.84 Å². The first-order valence-corrected chi connectivity index (χ1v) is 6.20. The number of carbonyl (C=O) groups is 3. The van der Waals surface area contributed by atoms with E-state index in [-0.39, 0.29) is 11.4 Å². The van der Waals surface area contributed by atoms with Gasteiger partial charge in [0.25, 0.3) is 5.91 Å². The number of nitrogens with one attached hydrogen (secondary N) is 1. The van der Waals surface area contributed by atoms with Crippen molar-refractivity contribution >= 4 is 17.8 Å². The Morgan fingerprint density at radius 1 is 1.43 bits per heavy atom. The SMILES string of the molecule is CCOc1cccnc1C(=O)N[C@@H](COC(C)=O)C(=O)O. The minimum Gasteiger partial charge on any atom is -0.491 e. The van der Waals surface area contributed by atoms with Gasteiger partial charge in [-0.15, -0.1) is 0 Å². The highest BCUT2D eigenvalue weighted by Gasteiger charge is 2.24. The number of nitrogens with zero attached hydrogens (tertiary/aromatic N) is 1. The number of esters is 1. The third-order valence-electron chi connectivity index (χ3n) is 2.34. The number of carbonyl (C=O) groups excluding carboxylic acids is 2. The highest BCUT2D eigenvalue weighted by Crippen LogP contribution is 2.15. The van der Waals surface area contributed by atoms with Crippen molar-refractivity contribution in [3.8, 4) is 5.75 Å². The summed E-state index contributed by atoms with van der Waals surface area (Å²) in [7, 11) is 0. The highest BCUT2D eigenvalue weighted by molar-refractivity contribution is 5.97. The summed E-state index contributed by atoms with van der Waals surface area (Å²) in [6, 6.07) is 1.78. The molecule has 0 fully saturated rings. The van der Waals surface area contributed by atoms with Crippen LogP contribution in [0.4, 0.5) is 0 Å². The minimum atomic E-state index is -1.36. The normalized spacial score (nSPS) is 11.3. The van der Waals surface area contributed by atoms with Crippen molar-refractivity contribution in [1.82, 2.24) is 10.3 Å². The number of aliphatic carboxylic acids is 1. The van der Waals surface area contributed by atoms with Crippen molar-refractivity contribution in [3.63, 3.8) is 0 Å². The van der Waals surface area contributed by atoms with Gasteiger partial charge in [-0.1, -0.05) is 0 Å². The molecular weight excluding hydrogens is 280 g/mol. The Morgan fingerprint density at radius 2 is 2.14 bits per heavy atom. The predicted molar refractivity (Wildman–Crippen MR) is 70.9 cm³/mol. The van der Waals surface area contributed by atoms with Crippen LogP contribution >= 0.6 is 0 Å². The molecule has 1 atom stereocenters. The van der Waals surface area contributed by atoms with Crippen LogP contribution in [0.5, 0.6) is 5.75 Å². The Kier molecular flexibility index (Phi) is 6.12. The van der Waals surface area contributed by atoms with Crippen molar-refractivity contribution in [2.45, 2.75) is 19.9 Å². The van der Waals surface area contributed by atoms with Crippen LogP contribution in [-0.4, -0.2) is 47.2 Å². The highest BCUT2D eigenvalue weighted by atomic mass is 16.5. The maximum Gasteiger partial charge on any atom is 0.329 e. The molecule has 114 valence electrons. The summed E-state index contributed by atoms with van der Waals surface area (Å²) in [6.45, 7) is 2.76. The van der Waals surface area contributed by atoms with Gasteiger partial charge in [-0.05, 0) is 19.1 Å². The average molecular weight is 296 g/mol. The van der Waals surface area contributed by atoms with E-state index in [0.717, 1.165) is 6.92 Å². The molecule has 0 aliphatic heterocycles. The number of hydrogen-bond acceptors (Lipinski definition) is 6. The van der Waals surface area contributed by atoms with Crippen molar-refractivity contribution < 1.29 is 29.0 Å². The van der Waals surface area contributed by atoms with Crippen molar-refractivity contribution in [2.75, 3.05) is 13.2 Å². The van der Waals surface area contributed by atoms with E-state index in [2.05, 4.69) is 15.0 Å². The van der Waals surface area contributed by atoms with Gasteiger partial charge < -0.3 is 19.9 Å². The molecular formula is C13H16N2O6. The molecule has 2 N–H and O–H groups in total. The van der Waals surface area contributed by atoms with E-state index in [1.165, 1.54) is 6.20 Å². The van der Waals surface area contributed by atoms with Crippen molar-refractivity contribution in [3.05, 3.63) is 24.0 Å². The molecule has 0 aromatic carbocycles. The molecule has 0 unspecified atom stereocenters. The quantitative estimate of drug-likeness (QED) is 0.692. The number of hydrogen-bond donors (Lipinski definition) is 2. The van der Waals surface area contributed by atoms with E-state index in [1.54, 1.807) is 19.1 Å². The van der Waals surface area contributed by atoms with Crippen LogP contribution in [-0.2, 0) is 14.3 Å². The first-order valence-electron chi connectivity index (χ1n) is 6.20. The summed E-state index contributed by atoms with van der Waals surface area (Å²) in [5.41, 5.74) is -0.0339. The van der Waals surface area contributed by atoms with Gasteiger partial charge in [0.1, 0.15) is 6.61 Å². The molecule has 8 nitrogen and oxygen atoms in total. The molecule has 1 aromatic rings. The standard InChI is InChI=1S/C13H16N2O6/c1-3-20-10-5-4-6-14-11(10)12(17)15-9(13(18)19)7-21-8(2)16/h4-6,9H,3,7H2,1-2H3,(H,15,17)(H,18,19)/t9-/m0/s1. The van der Waals surface area contributed by atoms with E-state index in [1.807, 2.05) is 0 Å². The zero-order chi connectivity index (χ0) is 15.8. The third kappa shape index (κ3) is 5.09. The van der Waals surface area contributed by atoms with Gasteiger partial charge in [-0.3, -0.25) is 9.59 Å². The van der Waals surface area contributed by atoms with Gasteiger partial charge in [0, 0.05) is 13.1 Å². The Hall–Kier alpha value is -2.64. The summed E-state index contributed by atoms with van der Waals surface area (Å²) < 4.78 is 9.84. The van der Waals surface area contributed by atoms with E-state index < -0.39 is 30.5 Å². The van der Waals surface area contributed by atoms with Crippen LogP contribution < -0.4 is 10.1 Å². The lowest BCUT2D eigenvalue weighted by Gasteiger charge is -2.15. The second-order valence-corrected chi connectivity index (χ2v) is 3.95. The lowest BCUT2D eigenvalue weighted by molar-refractivity contribution is -0.146. The Bertz CT molecular complexity index is 531. The smallest absolute Gasteiger partial charge is 0.329 e. The van der Waals surface area contributed by atoms with Crippen LogP contribution in [0.3, 0.4) is 0 Å². The fourth-order valence-corrected chi connectivity index (χ4v) is 1.44. The molecule has 21 heavy (non-hydrogen) atoms. The van der Waals surface area contributed by atoms with Crippen LogP contribution in [0.25, 0.3) is 0 Å². The van der Waals surface area contributed by atoms with Gasteiger partial charge in [0.2, 0.25) is 0 Å². The fraction of sp³-hybridized carbons (Fsp3) is 0.385. The fourth-order valence-electron chi connectivity index (χ4n) is 1.44. The van der Waals surface area contributed by atoms with Crippen molar-refractivity contribution in [2.24, 2.45) is 0 Å². The number of ether oxygens (including phenoxy) is 2. The molecule has 1 amide bonds. The number of aromatic nitrogens is 1. The van der Waals surface area contributed by atoms with Crippen LogP contribution in [0, 0.1) is 0 Å². The molecule has 8 heteroatoms. The Labute approximate surface area is 121 Å². The predicted octanol–water partition coefficient (Wildman–Crippen LogP) is 0.226. The number of rotatable bonds is 7. The second kappa shape index (κ2) is 7.83. The van der Waals surface area contributed by atoms with Gasteiger partial charge in [0.15, 0.2) is 17.5 Å². The summed E-state index contributed by atoms with van der Waals surface area (Å²) >= 11 is 0. The van der Waals surface area contributed by atoms with Crippen LogP contribution in [0.1, 0.15) is 24.3 Å². The molecule has 0 radical (unpaired) electrons. The first-order chi connectivity index (χ1) is 9.95. The van der Waals surface area contributed by atoms with Crippen LogP contribution in [0.15, 0.2) is 18.3 Å². The number of amides is 1. The number of pyridine rings is 1. The molecule has 0 aliphatic rings. The first kappa shape index (κ1) is 16.4. The summed E-state index contributed by atoms with van der Waals surface area (Å²) in [5.74, 6) is -2.44. The average Bonchev–Trinajstić information content (AvgIpc) is 2.43. The van der Waals surface area contributed by atoms with Gasteiger partial charge in [-0.2, -0.15) is 0 Å². The third-order valence-corrected chi connectivity index (χ3v) is 2.34. The van der Waals surface area contributed by atoms with Crippen molar-refractivity contribution in [1.29, 1.82) is 0 Å². The van der Waals surface area contributed by atoms with Crippen LogP contribution in [0.2, 0.25) is 0 Å². The Balaban J connectivity index is 2.82. The molecule has 0 spiro atoms.